The lowest BCUT2D eigenvalue weighted by molar-refractivity contribution is -0.118. The molecule has 1 fully saturated rings. The highest BCUT2D eigenvalue weighted by Gasteiger charge is 2.25. The van der Waals surface area contributed by atoms with Crippen molar-refractivity contribution in [3.63, 3.8) is 0 Å². The molecule has 0 heterocycles. The van der Waals surface area contributed by atoms with E-state index in [2.05, 4.69) is 22.3 Å². The largest absolute Gasteiger partial charge is 0.450 e. The van der Waals surface area contributed by atoms with Crippen molar-refractivity contribution in [2.24, 2.45) is 11.8 Å². The number of alkyl carbamates (subject to hydrolysis) is 1. The van der Waals surface area contributed by atoms with Crippen molar-refractivity contribution in [3.05, 3.63) is 0 Å². The van der Waals surface area contributed by atoms with E-state index < -0.39 is 27.8 Å². The fraction of sp³-hybridized carbons (Fsp3) is 0.889. The Labute approximate surface area is 163 Å². The number of nitrogens with one attached hydrogen (secondary N) is 3. The van der Waals surface area contributed by atoms with Crippen molar-refractivity contribution < 1.29 is 22.7 Å². The van der Waals surface area contributed by atoms with E-state index in [-0.39, 0.29) is 25.2 Å². The van der Waals surface area contributed by atoms with Crippen molar-refractivity contribution in [3.8, 4) is 0 Å². The summed E-state index contributed by atoms with van der Waals surface area (Å²) in [7, 11) is -3.67. The summed E-state index contributed by atoms with van der Waals surface area (Å²) in [4.78, 5) is 23.7. The molecule has 1 unspecified atom stereocenters. The zero-order valence-corrected chi connectivity index (χ0v) is 17.7. The number of rotatable bonds is 10. The first-order valence-corrected chi connectivity index (χ1v) is 11.5. The van der Waals surface area contributed by atoms with Gasteiger partial charge in [0.25, 0.3) is 0 Å². The highest BCUT2D eigenvalue weighted by molar-refractivity contribution is 7.90. The Kier molecular flexibility index (Phi) is 10.1. The van der Waals surface area contributed by atoms with Crippen LogP contribution >= 0.6 is 0 Å². The van der Waals surface area contributed by atoms with Gasteiger partial charge >= 0.3 is 6.09 Å². The molecule has 2 amide bonds. The zero-order valence-electron chi connectivity index (χ0n) is 16.9. The van der Waals surface area contributed by atoms with Crippen LogP contribution < -0.4 is 15.4 Å². The Morgan fingerprint density at radius 1 is 1.15 bits per heavy atom. The number of carbonyl (C=O) groups is 2. The molecule has 0 aromatic heterocycles. The van der Waals surface area contributed by atoms with E-state index in [1.165, 1.54) is 0 Å². The molecule has 27 heavy (non-hydrogen) atoms. The molecule has 0 saturated heterocycles. The van der Waals surface area contributed by atoms with E-state index in [0.717, 1.165) is 25.7 Å². The topological polar surface area (TPSA) is 114 Å². The van der Waals surface area contributed by atoms with Crippen LogP contribution in [0.15, 0.2) is 0 Å². The molecule has 0 aromatic carbocycles. The van der Waals surface area contributed by atoms with Gasteiger partial charge in [-0.3, -0.25) is 4.79 Å². The monoisotopic (exact) mass is 405 g/mol. The van der Waals surface area contributed by atoms with Gasteiger partial charge in [-0.05, 0) is 50.9 Å². The molecule has 158 valence electrons. The number of ether oxygens (including phenoxy) is 1. The van der Waals surface area contributed by atoms with Crippen LogP contribution in [0.2, 0.25) is 0 Å². The molecule has 1 saturated carbocycles. The maximum absolute atomic E-state index is 12.2. The Balaban J connectivity index is 2.46. The Morgan fingerprint density at radius 3 is 2.33 bits per heavy atom. The molecule has 3 N–H and O–H groups in total. The first kappa shape index (κ1) is 23.7. The van der Waals surface area contributed by atoms with Crippen LogP contribution in [0.4, 0.5) is 4.79 Å². The van der Waals surface area contributed by atoms with Crippen molar-refractivity contribution >= 4 is 22.0 Å². The van der Waals surface area contributed by atoms with Crippen LogP contribution in [0.3, 0.4) is 0 Å². The van der Waals surface area contributed by atoms with Crippen LogP contribution in [0.1, 0.15) is 59.8 Å². The molecular weight excluding hydrogens is 370 g/mol. The van der Waals surface area contributed by atoms with Gasteiger partial charge in [0, 0.05) is 18.6 Å². The number of hydrogen-bond acceptors (Lipinski definition) is 5. The second kappa shape index (κ2) is 11.5. The second-order valence-corrected chi connectivity index (χ2v) is 9.58. The molecule has 0 spiro atoms. The number of amides is 2. The van der Waals surface area contributed by atoms with Gasteiger partial charge in [0.2, 0.25) is 15.9 Å². The molecule has 1 aliphatic rings. The van der Waals surface area contributed by atoms with E-state index in [9.17, 15) is 18.0 Å². The Morgan fingerprint density at radius 2 is 1.78 bits per heavy atom. The molecule has 0 aromatic rings. The minimum Gasteiger partial charge on any atom is -0.450 e. The molecular formula is C18H35N3O5S. The fourth-order valence-corrected chi connectivity index (χ4v) is 4.51. The van der Waals surface area contributed by atoms with Crippen molar-refractivity contribution in [2.75, 3.05) is 18.9 Å². The molecule has 0 aliphatic heterocycles. The van der Waals surface area contributed by atoms with Gasteiger partial charge in [0.05, 0.1) is 6.61 Å². The van der Waals surface area contributed by atoms with Gasteiger partial charge in [-0.15, -0.1) is 0 Å². The minimum absolute atomic E-state index is 0.0850. The van der Waals surface area contributed by atoms with Gasteiger partial charge in [-0.25, -0.2) is 17.9 Å². The number of sulfonamides is 1. The third-order valence-electron chi connectivity index (χ3n) is 4.58. The third kappa shape index (κ3) is 10.5. The van der Waals surface area contributed by atoms with Crippen LogP contribution in [-0.2, 0) is 19.6 Å². The van der Waals surface area contributed by atoms with E-state index in [4.69, 9.17) is 4.74 Å². The molecule has 0 radical (unpaired) electrons. The van der Waals surface area contributed by atoms with Crippen molar-refractivity contribution in [1.29, 1.82) is 0 Å². The van der Waals surface area contributed by atoms with E-state index >= 15 is 0 Å². The summed E-state index contributed by atoms with van der Waals surface area (Å²) in [6.45, 7) is 8.30. The fourth-order valence-electron chi connectivity index (χ4n) is 3.24. The maximum atomic E-state index is 12.2. The van der Waals surface area contributed by atoms with Crippen LogP contribution in [0, 0.1) is 11.8 Å². The molecule has 8 nitrogen and oxygen atoms in total. The van der Waals surface area contributed by atoms with Crippen LogP contribution in [0.5, 0.6) is 0 Å². The van der Waals surface area contributed by atoms with Crippen LogP contribution in [0.25, 0.3) is 0 Å². The van der Waals surface area contributed by atoms with Crippen molar-refractivity contribution in [1.82, 2.24) is 15.4 Å². The van der Waals surface area contributed by atoms with E-state index in [1.54, 1.807) is 6.92 Å². The smallest absolute Gasteiger partial charge is 0.407 e. The first-order chi connectivity index (χ1) is 12.6. The van der Waals surface area contributed by atoms with E-state index in [0.29, 0.717) is 18.3 Å². The highest BCUT2D eigenvalue weighted by Crippen LogP contribution is 2.23. The summed E-state index contributed by atoms with van der Waals surface area (Å²) in [5.41, 5.74) is 0. The number of carbonyl (C=O) groups excluding carboxylic acids is 2. The lowest BCUT2D eigenvalue weighted by Crippen LogP contribution is -2.47. The maximum Gasteiger partial charge on any atom is 0.407 e. The lowest BCUT2D eigenvalue weighted by Gasteiger charge is -2.26. The van der Waals surface area contributed by atoms with Gasteiger partial charge in [0.1, 0.15) is 5.75 Å². The second-order valence-electron chi connectivity index (χ2n) is 7.83. The standard InChI is InChI=1S/C18H35N3O5S/c1-5-26-18(23)20-16(10-13(2)3)11-19-17(22)12-27(24,25)21-15-8-6-14(4)7-9-15/h13-16,21H,5-12H2,1-4H3,(H,19,22)(H,20,23). The molecule has 9 heteroatoms. The highest BCUT2D eigenvalue weighted by atomic mass is 32.2. The average molecular weight is 406 g/mol. The molecule has 0 bridgehead atoms. The third-order valence-corrected chi connectivity index (χ3v) is 5.92. The van der Waals surface area contributed by atoms with Gasteiger partial charge in [-0.2, -0.15) is 0 Å². The van der Waals surface area contributed by atoms with Crippen molar-refractivity contribution in [2.45, 2.75) is 71.9 Å². The summed E-state index contributed by atoms with van der Waals surface area (Å²) in [6, 6.07) is -0.401. The Bertz CT molecular complexity index is 572. The predicted molar refractivity (Wildman–Crippen MR) is 105 cm³/mol. The Hall–Kier alpha value is -1.35. The summed E-state index contributed by atoms with van der Waals surface area (Å²) in [5, 5.41) is 5.30. The first-order valence-electron chi connectivity index (χ1n) is 9.81. The quantitative estimate of drug-likeness (QED) is 0.512. The summed E-state index contributed by atoms with van der Waals surface area (Å²) in [5.74, 6) is -0.259. The summed E-state index contributed by atoms with van der Waals surface area (Å²) >= 11 is 0. The molecule has 1 aliphatic carbocycles. The zero-order chi connectivity index (χ0) is 20.4. The van der Waals surface area contributed by atoms with E-state index in [1.807, 2.05) is 13.8 Å². The molecule has 1 rings (SSSR count). The van der Waals surface area contributed by atoms with Crippen LogP contribution in [-0.4, -0.2) is 51.4 Å². The predicted octanol–water partition coefficient (Wildman–Crippen LogP) is 1.76. The average Bonchev–Trinajstić information content (AvgIpc) is 2.54. The SMILES string of the molecule is CCOC(=O)NC(CNC(=O)CS(=O)(=O)NC1CCC(C)CC1)CC(C)C. The summed E-state index contributed by atoms with van der Waals surface area (Å²) in [6.07, 6.45) is 3.71. The lowest BCUT2D eigenvalue weighted by atomic mass is 9.88. The molecule has 1 atom stereocenters. The van der Waals surface area contributed by atoms with Gasteiger partial charge in [-0.1, -0.05) is 20.8 Å². The minimum atomic E-state index is -3.67. The summed E-state index contributed by atoms with van der Waals surface area (Å²) < 4.78 is 31.9. The number of hydrogen-bond donors (Lipinski definition) is 3. The van der Waals surface area contributed by atoms with Gasteiger partial charge in [0.15, 0.2) is 0 Å². The normalized spacial score (nSPS) is 21.5. The van der Waals surface area contributed by atoms with Gasteiger partial charge < -0.3 is 15.4 Å².